The molecule has 2 fully saturated rings. The van der Waals surface area contributed by atoms with Gasteiger partial charge >= 0.3 is 0 Å². The molecule has 0 N–H and O–H groups in total. The van der Waals surface area contributed by atoms with Gasteiger partial charge in [0.15, 0.2) is 11.5 Å². The van der Waals surface area contributed by atoms with Crippen molar-refractivity contribution in [1.82, 2.24) is 9.80 Å². The predicted molar refractivity (Wildman–Crippen MR) is 104 cm³/mol. The number of benzene rings is 1. The molecule has 2 aliphatic heterocycles. The fourth-order valence-corrected chi connectivity index (χ4v) is 3.76. The highest BCUT2D eigenvalue weighted by Gasteiger charge is 2.37. The molecule has 0 radical (unpaired) electrons. The Morgan fingerprint density at radius 1 is 1.29 bits per heavy atom. The maximum absolute atomic E-state index is 12.7. The lowest BCUT2D eigenvalue weighted by Crippen LogP contribution is -2.46. The Bertz CT molecular complexity index is 804. The van der Waals surface area contributed by atoms with E-state index in [1.165, 1.54) is 7.11 Å². The van der Waals surface area contributed by atoms with Gasteiger partial charge in [-0.15, -0.1) is 0 Å². The second-order valence-corrected chi connectivity index (χ2v) is 7.07. The highest BCUT2D eigenvalue weighted by molar-refractivity contribution is 8.18. The van der Waals surface area contributed by atoms with Crippen molar-refractivity contribution >= 4 is 34.9 Å². The zero-order valence-corrected chi connectivity index (χ0v) is 16.6. The van der Waals surface area contributed by atoms with Gasteiger partial charge in [0.1, 0.15) is 6.54 Å². The number of morpholine rings is 1. The number of thioether (sulfide) groups is 1. The summed E-state index contributed by atoms with van der Waals surface area (Å²) in [7, 11) is 1.53. The SMILES string of the molecule is CCOc1c(/C=C2\SC(=O)N(CC(=O)N3CCOCC3)C2=O)cccc1OC. The number of nitrogens with zero attached hydrogens (tertiary/aromatic N) is 2. The first-order valence-electron chi connectivity index (χ1n) is 8.95. The van der Waals surface area contributed by atoms with Gasteiger partial charge in [-0.2, -0.15) is 0 Å². The van der Waals surface area contributed by atoms with E-state index in [1.54, 1.807) is 29.2 Å². The van der Waals surface area contributed by atoms with Gasteiger partial charge in [0.25, 0.3) is 11.1 Å². The van der Waals surface area contributed by atoms with Crippen LogP contribution in [0.15, 0.2) is 23.1 Å². The van der Waals surface area contributed by atoms with Gasteiger partial charge in [0.05, 0.1) is 31.8 Å². The molecule has 0 spiro atoms. The number of para-hydroxylation sites is 1. The van der Waals surface area contributed by atoms with E-state index >= 15 is 0 Å². The van der Waals surface area contributed by atoms with E-state index in [0.717, 1.165) is 16.7 Å². The minimum absolute atomic E-state index is 0.244. The standard InChI is InChI=1S/C19H22N2O6S/c1-3-27-17-13(5-4-6-14(17)25-2)11-15-18(23)21(19(24)28-15)12-16(22)20-7-9-26-10-8-20/h4-6,11H,3,7-10,12H2,1-2H3/b15-11-. The summed E-state index contributed by atoms with van der Waals surface area (Å²) in [5.41, 5.74) is 0.631. The van der Waals surface area contributed by atoms with Gasteiger partial charge in [0.2, 0.25) is 5.91 Å². The maximum atomic E-state index is 12.7. The minimum atomic E-state index is -0.484. The Morgan fingerprint density at radius 3 is 2.71 bits per heavy atom. The summed E-state index contributed by atoms with van der Waals surface area (Å²) in [5, 5.41) is -0.460. The van der Waals surface area contributed by atoms with E-state index < -0.39 is 11.1 Å². The topological polar surface area (TPSA) is 85.4 Å². The number of hydrogen-bond acceptors (Lipinski definition) is 7. The smallest absolute Gasteiger partial charge is 0.294 e. The average Bonchev–Trinajstić information content (AvgIpc) is 2.97. The molecule has 0 saturated carbocycles. The van der Waals surface area contributed by atoms with Gasteiger partial charge in [-0.25, -0.2) is 0 Å². The molecule has 2 aliphatic rings. The highest BCUT2D eigenvalue weighted by Crippen LogP contribution is 2.37. The Balaban J connectivity index is 1.79. The van der Waals surface area contributed by atoms with Crippen LogP contribution in [0.2, 0.25) is 0 Å². The summed E-state index contributed by atoms with van der Waals surface area (Å²) >= 11 is 0.812. The first kappa shape index (κ1) is 20.2. The Morgan fingerprint density at radius 2 is 2.04 bits per heavy atom. The van der Waals surface area contributed by atoms with Gasteiger partial charge in [0, 0.05) is 18.7 Å². The van der Waals surface area contributed by atoms with Crippen LogP contribution < -0.4 is 9.47 Å². The van der Waals surface area contributed by atoms with Crippen LogP contribution in [0.4, 0.5) is 4.79 Å². The Kier molecular flexibility index (Phi) is 6.58. The third-order valence-electron chi connectivity index (χ3n) is 4.34. The molecule has 2 saturated heterocycles. The number of rotatable bonds is 6. The van der Waals surface area contributed by atoms with E-state index in [0.29, 0.717) is 50.0 Å². The molecule has 1 aromatic carbocycles. The van der Waals surface area contributed by atoms with E-state index in [2.05, 4.69) is 0 Å². The van der Waals surface area contributed by atoms with Gasteiger partial charge < -0.3 is 19.1 Å². The van der Waals surface area contributed by atoms with Crippen molar-refractivity contribution in [1.29, 1.82) is 0 Å². The number of ether oxygens (including phenoxy) is 3. The molecule has 0 atom stereocenters. The van der Waals surface area contributed by atoms with Gasteiger partial charge in [-0.3, -0.25) is 19.3 Å². The lowest BCUT2D eigenvalue weighted by Gasteiger charge is -2.28. The molecule has 1 aromatic rings. The van der Waals surface area contributed by atoms with E-state index in [4.69, 9.17) is 14.2 Å². The van der Waals surface area contributed by atoms with Crippen molar-refractivity contribution in [3.63, 3.8) is 0 Å². The quantitative estimate of drug-likeness (QED) is 0.668. The van der Waals surface area contributed by atoms with Crippen LogP contribution in [0.3, 0.4) is 0 Å². The van der Waals surface area contributed by atoms with Crippen molar-refractivity contribution in [2.75, 3.05) is 46.6 Å². The summed E-state index contributed by atoms with van der Waals surface area (Å²) in [6, 6.07) is 5.31. The van der Waals surface area contributed by atoms with Crippen LogP contribution in [0.25, 0.3) is 6.08 Å². The fourth-order valence-electron chi connectivity index (χ4n) is 2.93. The van der Waals surface area contributed by atoms with E-state index in [-0.39, 0.29) is 17.4 Å². The third-order valence-corrected chi connectivity index (χ3v) is 5.24. The Hall–Kier alpha value is -2.52. The molecule has 2 heterocycles. The first-order valence-corrected chi connectivity index (χ1v) is 9.77. The van der Waals surface area contributed by atoms with Crippen LogP contribution in [0.1, 0.15) is 12.5 Å². The molecular formula is C19H22N2O6S. The molecule has 3 amide bonds. The predicted octanol–water partition coefficient (Wildman–Crippen LogP) is 1.99. The lowest BCUT2D eigenvalue weighted by atomic mass is 10.1. The molecule has 3 rings (SSSR count). The fraction of sp³-hybridized carbons (Fsp3) is 0.421. The zero-order valence-electron chi connectivity index (χ0n) is 15.8. The minimum Gasteiger partial charge on any atom is -0.493 e. The normalized spacial score (nSPS) is 18.7. The number of imide groups is 1. The number of carbonyl (C=O) groups is 3. The third kappa shape index (κ3) is 4.31. The molecule has 28 heavy (non-hydrogen) atoms. The van der Waals surface area contributed by atoms with Gasteiger partial charge in [-0.1, -0.05) is 12.1 Å². The van der Waals surface area contributed by atoms with E-state index in [1.807, 2.05) is 6.92 Å². The molecular weight excluding hydrogens is 384 g/mol. The number of amides is 3. The molecule has 9 heteroatoms. The van der Waals surface area contributed by atoms with Crippen molar-refractivity contribution in [2.45, 2.75) is 6.92 Å². The number of hydrogen-bond donors (Lipinski definition) is 0. The molecule has 0 unspecified atom stereocenters. The zero-order chi connectivity index (χ0) is 20.1. The Labute approximate surface area is 167 Å². The second kappa shape index (κ2) is 9.11. The van der Waals surface area contributed by atoms with Crippen LogP contribution in [-0.2, 0) is 14.3 Å². The maximum Gasteiger partial charge on any atom is 0.294 e. The molecule has 0 aliphatic carbocycles. The lowest BCUT2D eigenvalue weighted by molar-refractivity contribution is -0.139. The molecule has 0 bridgehead atoms. The average molecular weight is 406 g/mol. The van der Waals surface area contributed by atoms with Crippen molar-refractivity contribution < 1.29 is 28.6 Å². The first-order chi connectivity index (χ1) is 13.5. The van der Waals surface area contributed by atoms with Crippen LogP contribution in [0, 0.1) is 0 Å². The van der Waals surface area contributed by atoms with Crippen LogP contribution in [0.5, 0.6) is 11.5 Å². The van der Waals surface area contributed by atoms with Gasteiger partial charge in [-0.05, 0) is 30.8 Å². The summed E-state index contributed by atoms with van der Waals surface area (Å²) in [6.07, 6.45) is 1.59. The van der Waals surface area contributed by atoms with Crippen molar-refractivity contribution in [2.24, 2.45) is 0 Å². The van der Waals surface area contributed by atoms with Crippen molar-refractivity contribution in [3.8, 4) is 11.5 Å². The summed E-state index contributed by atoms with van der Waals surface area (Å²) in [5.74, 6) is 0.297. The van der Waals surface area contributed by atoms with Crippen LogP contribution in [-0.4, -0.2) is 73.4 Å². The highest BCUT2D eigenvalue weighted by atomic mass is 32.2. The largest absolute Gasteiger partial charge is 0.493 e. The second-order valence-electron chi connectivity index (χ2n) is 6.07. The molecule has 0 aromatic heterocycles. The number of carbonyl (C=O) groups excluding carboxylic acids is 3. The molecule has 8 nitrogen and oxygen atoms in total. The summed E-state index contributed by atoms with van der Waals surface area (Å²) in [6.45, 7) is 3.86. The number of methoxy groups -OCH3 is 1. The van der Waals surface area contributed by atoms with Crippen LogP contribution >= 0.6 is 11.8 Å². The monoisotopic (exact) mass is 406 g/mol. The summed E-state index contributed by atoms with van der Waals surface area (Å²) < 4.78 is 16.2. The summed E-state index contributed by atoms with van der Waals surface area (Å²) in [4.78, 5) is 40.2. The van der Waals surface area contributed by atoms with Crippen molar-refractivity contribution in [3.05, 3.63) is 28.7 Å². The van der Waals surface area contributed by atoms with E-state index in [9.17, 15) is 14.4 Å². The molecule has 150 valence electrons.